The van der Waals surface area contributed by atoms with Gasteiger partial charge >= 0.3 is 11.7 Å². The number of nitrogens with zero attached hydrogens (tertiary/aromatic N) is 1. The molecule has 0 N–H and O–H groups in total. The predicted octanol–water partition coefficient (Wildman–Crippen LogP) is 2.06. The predicted molar refractivity (Wildman–Crippen MR) is 59.8 cm³/mol. The summed E-state index contributed by atoms with van der Waals surface area (Å²) in [5.41, 5.74) is -0.646. The number of carbonyl (C=O) groups is 1. The first kappa shape index (κ1) is 13.9. The average Bonchev–Trinajstić information content (AvgIpc) is 2.25. The van der Waals surface area contributed by atoms with E-state index in [-0.39, 0.29) is 18.5 Å². The van der Waals surface area contributed by atoms with Crippen LogP contribution in [0.1, 0.15) is 13.8 Å². The van der Waals surface area contributed by atoms with Crippen molar-refractivity contribution in [2.24, 2.45) is 0 Å². The third kappa shape index (κ3) is 4.00. The van der Waals surface area contributed by atoms with Gasteiger partial charge in [0.15, 0.2) is 6.61 Å². The topological polar surface area (TPSA) is 78.7 Å². The molecule has 98 valence electrons. The Hall–Kier alpha value is -2.18. The van der Waals surface area contributed by atoms with Gasteiger partial charge in [0.2, 0.25) is 5.82 Å². The van der Waals surface area contributed by atoms with Gasteiger partial charge in [0, 0.05) is 12.1 Å². The maximum Gasteiger partial charge on any atom is 0.344 e. The molecule has 0 aliphatic heterocycles. The maximum absolute atomic E-state index is 13.2. The number of halogens is 1. The highest BCUT2D eigenvalue weighted by molar-refractivity contribution is 5.71. The van der Waals surface area contributed by atoms with Crippen molar-refractivity contribution in [2.45, 2.75) is 20.0 Å². The van der Waals surface area contributed by atoms with E-state index in [1.165, 1.54) is 6.07 Å². The van der Waals surface area contributed by atoms with Gasteiger partial charge in [-0.15, -0.1) is 0 Å². The van der Waals surface area contributed by atoms with Crippen LogP contribution >= 0.6 is 0 Å². The molecule has 0 saturated heterocycles. The Morgan fingerprint density at radius 1 is 1.50 bits per heavy atom. The smallest absolute Gasteiger partial charge is 0.344 e. The van der Waals surface area contributed by atoms with E-state index in [1.807, 2.05) is 0 Å². The van der Waals surface area contributed by atoms with Gasteiger partial charge in [-0.2, -0.15) is 4.39 Å². The van der Waals surface area contributed by atoms with E-state index in [0.29, 0.717) is 0 Å². The van der Waals surface area contributed by atoms with Crippen molar-refractivity contribution in [2.75, 3.05) is 6.61 Å². The van der Waals surface area contributed by atoms with Crippen LogP contribution in [0.2, 0.25) is 0 Å². The van der Waals surface area contributed by atoms with Crippen LogP contribution in [0.3, 0.4) is 0 Å². The summed E-state index contributed by atoms with van der Waals surface area (Å²) >= 11 is 0. The Labute approximate surface area is 102 Å². The molecule has 0 amide bonds. The molecular weight excluding hydrogens is 245 g/mol. The molecular formula is C11H12FNO5. The van der Waals surface area contributed by atoms with Crippen molar-refractivity contribution >= 4 is 11.7 Å². The molecule has 0 heterocycles. The van der Waals surface area contributed by atoms with Gasteiger partial charge in [-0.1, -0.05) is 0 Å². The number of hydrogen-bond acceptors (Lipinski definition) is 5. The van der Waals surface area contributed by atoms with Gasteiger partial charge in [0.05, 0.1) is 11.0 Å². The summed E-state index contributed by atoms with van der Waals surface area (Å²) in [6, 6.07) is 3.03. The normalized spacial score (nSPS) is 10.2. The highest BCUT2D eigenvalue weighted by Gasteiger charge is 2.15. The molecule has 0 aliphatic rings. The van der Waals surface area contributed by atoms with Gasteiger partial charge in [-0.05, 0) is 19.9 Å². The summed E-state index contributed by atoms with van der Waals surface area (Å²) in [5, 5.41) is 10.4. The second kappa shape index (κ2) is 5.95. The largest absolute Gasteiger partial charge is 0.482 e. The number of benzene rings is 1. The van der Waals surface area contributed by atoms with Crippen LogP contribution in [0.15, 0.2) is 18.2 Å². The summed E-state index contributed by atoms with van der Waals surface area (Å²) < 4.78 is 22.9. The van der Waals surface area contributed by atoms with Gasteiger partial charge in [-0.3, -0.25) is 10.1 Å². The SMILES string of the molecule is CC(C)OC(=O)COc1ccc([N+](=O)[O-])c(F)c1. The third-order valence-corrected chi connectivity index (χ3v) is 1.84. The van der Waals surface area contributed by atoms with Crippen molar-refractivity contribution in [3.8, 4) is 5.75 Å². The molecule has 0 aromatic heterocycles. The standard InChI is InChI=1S/C11H12FNO5/c1-7(2)18-11(14)6-17-8-3-4-10(13(15)16)9(12)5-8/h3-5,7H,6H2,1-2H3. The molecule has 0 aliphatic carbocycles. The van der Waals surface area contributed by atoms with E-state index in [2.05, 4.69) is 0 Å². The quantitative estimate of drug-likeness (QED) is 0.458. The molecule has 0 fully saturated rings. The van der Waals surface area contributed by atoms with E-state index in [4.69, 9.17) is 9.47 Å². The van der Waals surface area contributed by atoms with Gasteiger partial charge in [0.25, 0.3) is 0 Å². The third-order valence-electron chi connectivity index (χ3n) is 1.84. The lowest BCUT2D eigenvalue weighted by Gasteiger charge is -2.09. The molecule has 18 heavy (non-hydrogen) atoms. The number of hydrogen-bond donors (Lipinski definition) is 0. The number of nitro groups is 1. The number of esters is 1. The first-order chi connectivity index (χ1) is 8.40. The molecule has 6 nitrogen and oxygen atoms in total. The minimum Gasteiger partial charge on any atom is -0.482 e. The summed E-state index contributed by atoms with van der Waals surface area (Å²) in [5.74, 6) is -1.59. The van der Waals surface area contributed by atoms with Crippen molar-refractivity contribution in [1.29, 1.82) is 0 Å². The second-order valence-electron chi connectivity index (χ2n) is 3.70. The zero-order valence-corrected chi connectivity index (χ0v) is 9.88. The molecule has 0 unspecified atom stereocenters. The van der Waals surface area contributed by atoms with E-state index in [0.717, 1.165) is 12.1 Å². The highest BCUT2D eigenvalue weighted by atomic mass is 19.1. The van der Waals surface area contributed by atoms with Crippen LogP contribution in [0.25, 0.3) is 0 Å². The van der Waals surface area contributed by atoms with Gasteiger partial charge < -0.3 is 9.47 Å². The minimum absolute atomic E-state index is 0.0267. The lowest BCUT2D eigenvalue weighted by molar-refractivity contribution is -0.387. The average molecular weight is 257 g/mol. The van der Waals surface area contributed by atoms with E-state index < -0.39 is 22.4 Å². The maximum atomic E-state index is 13.2. The van der Waals surface area contributed by atoms with Crippen LogP contribution in [-0.4, -0.2) is 23.6 Å². The first-order valence-corrected chi connectivity index (χ1v) is 5.16. The van der Waals surface area contributed by atoms with Crippen LogP contribution in [0.4, 0.5) is 10.1 Å². The molecule has 1 aromatic carbocycles. The number of carbonyl (C=O) groups excluding carboxylic acids is 1. The molecule has 0 radical (unpaired) electrons. The summed E-state index contributed by atoms with van der Waals surface area (Å²) in [7, 11) is 0. The fourth-order valence-corrected chi connectivity index (χ4v) is 1.16. The Morgan fingerprint density at radius 3 is 2.67 bits per heavy atom. The van der Waals surface area contributed by atoms with Crippen molar-refractivity contribution in [1.82, 2.24) is 0 Å². The lowest BCUT2D eigenvalue weighted by atomic mass is 10.3. The van der Waals surface area contributed by atoms with Crippen LogP contribution in [0, 0.1) is 15.9 Å². The Bertz CT molecular complexity index is 461. The lowest BCUT2D eigenvalue weighted by Crippen LogP contribution is -2.18. The van der Waals surface area contributed by atoms with Crippen molar-refractivity contribution in [3.05, 3.63) is 34.1 Å². The molecule has 0 bridgehead atoms. The zero-order chi connectivity index (χ0) is 13.7. The van der Waals surface area contributed by atoms with E-state index in [9.17, 15) is 19.3 Å². The number of nitro benzene ring substituents is 1. The molecule has 0 spiro atoms. The second-order valence-corrected chi connectivity index (χ2v) is 3.70. The monoisotopic (exact) mass is 257 g/mol. The fraction of sp³-hybridized carbons (Fsp3) is 0.364. The number of rotatable bonds is 5. The molecule has 1 aromatic rings. The molecule has 1 rings (SSSR count). The molecule has 7 heteroatoms. The van der Waals surface area contributed by atoms with Gasteiger partial charge in [-0.25, -0.2) is 4.79 Å². The Balaban J connectivity index is 2.61. The zero-order valence-electron chi connectivity index (χ0n) is 9.88. The van der Waals surface area contributed by atoms with Crippen LogP contribution in [0.5, 0.6) is 5.75 Å². The van der Waals surface area contributed by atoms with Crippen molar-refractivity contribution in [3.63, 3.8) is 0 Å². The Kier molecular flexibility index (Phi) is 4.59. The fourth-order valence-electron chi connectivity index (χ4n) is 1.16. The highest BCUT2D eigenvalue weighted by Crippen LogP contribution is 2.22. The minimum atomic E-state index is -1.02. The van der Waals surface area contributed by atoms with Gasteiger partial charge in [0.1, 0.15) is 5.75 Å². The molecule has 0 saturated carbocycles. The molecule has 0 atom stereocenters. The Morgan fingerprint density at radius 2 is 2.17 bits per heavy atom. The van der Waals surface area contributed by atoms with Crippen LogP contribution in [-0.2, 0) is 9.53 Å². The summed E-state index contributed by atoms with van der Waals surface area (Å²) in [6.07, 6.45) is -0.269. The summed E-state index contributed by atoms with van der Waals surface area (Å²) in [6.45, 7) is 2.99. The van der Waals surface area contributed by atoms with Crippen molar-refractivity contribution < 1.29 is 23.6 Å². The summed E-state index contributed by atoms with van der Waals surface area (Å²) in [4.78, 5) is 20.7. The van der Waals surface area contributed by atoms with E-state index in [1.54, 1.807) is 13.8 Å². The number of ether oxygens (including phenoxy) is 2. The van der Waals surface area contributed by atoms with Crippen LogP contribution < -0.4 is 4.74 Å². The first-order valence-electron chi connectivity index (χ1n) is 5.16. The van der Waals surface area contributed by atoms with E-state index >= 15 is 0 Å².